The maximum Gasteiger partial charge on any atom is 0.123 e. The van der Waals surface area contributed by atoms with E-state index in [0.29, 0.717) is 17.9 Å². The smallest absolute Gasteiger partial charge is 0.123 e. The van der Waals surface area contributed by atoms with E-state index in [1.54, 1.807) is 6.07 Å². The minimum Gasteiger partial charge on any atom is -0.314 e. The summed E-state index contributed by atoms with van der Waals surface area (Å²) in [4.78, 5) is 0. The first kappa shape index (κ1) is 15.2. The van der Waals surface area contributed by atoms with Crippen LogP contribution in [0.15, 0.2) is 24.3 Å². The standard InChI is InChI=1S/C16H26FN/c1-5-13(6-2)16(11-18-12(3)4)14-8-7-9-15(17)10-14/h7-10,12-13,16,18H,5-6,11H2,1-4H3. The molecule has 2 heteroatoms. The van der Waals surface area contributed by atoms with Gasteiger partial charge in [0.2, 0.25) is 0 Å². The molecule has 0 saturated carbocycles. The van der Waals surface area contributed by atoms with Crippen molar-refractivity contribution in [1.29, 1.82) is 0 Å². The molecule has 0 aliphatic rings. The van der Waals surface area contributed by atoms with Crippen molar-refractivity contribution in [3.05, 3.63) is 35.6 Å². The highest BCUT2D eigenvalue weighted by Gasteiger charge is 2.20. The number of benzene rings is 1. The summed E-state index contributed by atoms with van der Waals surface area (Å²) in [5.74, 6) is 0.879. The first-order valence-corrected chi connectivity index (χ1v) is 7.07. The van der Waals surface area contributed by atoms with Gasteiger partial charge in [-0.15, -0.1) is 0 Å². The van der Waals surface area contributed by atoms with Crippen LogP contribution >= 0.6 is 0 Å². The normalized spacial score (nSPS) is 13.3. The van der Waals surface area contributed by atoms with Crippen molar-refractivity contribution in [3.63, 3.8) is 0 Å². The molecule has 0 saturated heterocycles. The molecule has 0 aliphatic heterocycles. The van der Waals surface area contributed by atoms with Crippen LogP contribution in [0.4, 0.5) is 4.39 Å². The van der Waals surface area contributed by atoms with Gasteiger partial charge in [-0.25, -0.2) is 4.39 Å². The molecule has 1 aromatic rings. The second-order valence-corrected chi connectivity index (χ2v) is 5.30. The predicted molar refractivity (Wildman–Crippen MR) is 76.4 cm³/mol. The van der Waals surface area contributed by atoms with Gasteiger partial charge in [0.15, 0.2) is 0 Å². The topological polar surface area (TPSA) is 12.0 Å². The van der Waals surface area contributed by atoms with E-state index in [2.05, 4.69) is 33.0 Å². The van der Waals surface area contributed by atoms with Crippen molar-refractivity contribution >= 4 is 0 Å². The molecule has 1 aromatic carbocycles. The average molecular weight is 251 g/mol. The third-order valence-electron chi connectivity index (χ3n) is 3.64. The quantitative estimate of drug-likeness (QED) is 0.760. The van der Waals surface area contributed by atoms with Crippen LogP contribution in [0.2, 0.25) is 0 Å². The SMILES string of the molecule is CCC(CC)C(CNC(C)C)c1cccc(F)c1. The molecule has 0 radical (unpaired) electrons. The Morgan fingerprint density at radius 1 is 1.17 bits per heavy atom. The Labute approximate surface area is 111 Å². The number of halogens is 1. The zero-order valence-electron chi connectivity index (χ0n) is 12.0. The summed E-state index contributed by atoms with van der Waals surface area (Å²) < 4.78 is 13.4. The Morgan fingerprint density at radius 3 is 2.33 bits per heavy atom. The van der Waals surface area contributed by atoms with Crippen LogP contribution in [-0.4, -0.2) is 12.6 Å². The summed E-state index contributed by atoms with van der Waals surface area (Å²) in [5.41, 5.74) is 1.12. The lowest BCUT2D eigenvalue weighted by molar-refractivity contribution is 0.369. The lowest BCUT2D eigenvalue weighted by atomic mass is 9.82. The summed E-state index contributed by atoms with van der Waals surface area (Å²) in [6.07, 6.45) is 2.27. The van der Waals surface area contributed by atoms with E-state index in [1.165, 1.54) is 6.07 Å². The molecule has 0 bridgehead atoms. The minimum absolute atomic E-state index is 0.131. The van der Waals surface area contributed by atoms with Gasteiger partial charge in [0.05, 0.1) is 0 Å². The number of rotatable bonds is 7. The number of hydrogen-bond acceptors (Lipinski definition) is 1. The molecule has 18 heavy (non-hydrogen) atoms. The number of hydrogen-bond donors (Lipinski definition) is 1. The molecule has 1 atom stereocenters. The zero-order valence-corrected chi connectivity index (χ0v) is 12.0. The van der Waals surface area contributed by atoms with E-state index in [-0.39, 0.29) is 5.82 Å². The molecule has 0 aliphatic carbocycles. The summed E-state index contributed by atoms with van der Waals surface area (Å²) >= 11 is 0. The minimum atomic E-state index is -0.131. The molecule has 0 fully saturated rings. The van der Waals surface area contributed by atoms with Crippen LogP contribution in [0.1, 0.15) is 52.0 Å². The van der Waals surface area contributed by atoms with Crippen molar-refractivity contribution in [2.75, 3.05) is 6.54 Å². The van der Waals surface area contributed by atoms with Gasteiger partial charge in [0.25, 0.3) is 0 Å². The molecule has 1 rings (SSSR count). The maximum atomic E-state index is 13.4. The molecule has 1 unspecified atom stereocenters. The molecule has 0 amide bonds. The van der Waals surface area contributed by atoms with E-state index in [0.717, 1.165) is 24.9 Å². The van der Waals surface area contributed by atoms with E-state index in [4.69, 9.17) is 0 Å². The highest BCUT2D eigenvalue weighted by atomic mass is 19.1. The zero-order chi connectivity index (χ0) is 13.5. The lowest BCUT2D eigenvalue weighted by Gasteiger charge is -2.27. The first-order chi connectivity index (χ1) is 8.58. The van der Waals surface area contributed by atoms with Crippen LogP contribution in [0.3, 0.4) is 0 Å². The lowest BCUT2D eigenvalue weighted by Crippen LogP contribution is -2.31. The third-order valence-corrected chi connectivity index (χ3v) is 3.64. The second-order valence-electron chi connectivity index (χ2n) is 5.30. The monoisotopic (exact) mass is 251 g/mol. The number of nitrogens with one attached hydrogen (secondary N) is 1. The van der Waals surface area contributed by atoms with Crippen molar-refractivity contribution in [1.82, 2.24) is 5.32 Å². The Bertz CT molecular complexity index is 345. The molecular weight excluding hydrogens is 225 g/mol. The molecule has 1 nitrogen and oxygen atoms in total. The van der Waals surface area contributed by atoms with Gasteiger partial charge in [-0.05, 0) is 29.5 Å². The Morgan fingerprint density at radius 2 is 1.83 bits per heavy atom. The maximum absolute atomic E-state index is 13.4. The molecule has 0 spiro atoms. The fourth-order valence-corrected chi connectivity index (χ4v) is 2.51. The van der Waals surface area contributed by atoms with Crippen molar-refractivity contribution in [3.8, 4) is 0 Å². The Balaban J connectivity index is 2.88. The van der Waals surface area contributed by atoms with Gasteiger partial charge in [0.1, 0.15) is 5.82 Å². The first-order valence-electron chi connectivity index (χ1n) is 7.07. The third kappa shape index (κ3) is 4.41. The Hall–Kier alpha value is -0.890. The summed E-state index contributed by atoms with van der Waals surface area (Å²) in [6.45, 7) is 9.66. The summed E-state index contributed by atoms with van der Waals surface area (Å²) in [5, 5.41) is 3.49. The van der Waals surface area contributed by atoms with Crippen molar-refractivity contribution in [2.24, 2.45) is 5.92 Å². The predicted octanol–water partition coefficient (Wildman–Crippen LogP) is 4.34. The molecule has 0 heterocycles. The van der Waals surface area contributed by atoms with Crippen molar-refractivity contribution < 1.29 is 4.39 Å². The van der Waals surface area contributed by atoms with E-state index in [1.807, 2.05) is 12.1 Å². The fourth-order valence-electron chi connectivity index (χ4n) is 2.51. The van der Waals surface area contributed by atoms with E-state index < -0.39 is 0 Å². The fraction of sp³-hybridized carbons (Fsp3) is 0.625. The van der Waals surface area contributed by atoms with Crippen LogP contribution in [0, 0.1) is 11.7 Å². The largest absolute Gasteiger partial charge is 0.314 e. The van der Waals surface area contributed by atoms with Gasteiger partial charge in [-0.2, -0.15) is 0 Å². The van der Waals surface area contributed by atoms with Gasteiger partial charge in [-0.3, -0.25) is 0 Å². The van der Waals surface area contributed by atoms with E-state index in [9.17, 15) is 4.39 Å². The molecule has 1 N–H and O–H groups in total. The average Bonchev–Trinajstić information content (AvgIpc) is 2.34. The summed E-state index contributed by atoms with van der Waals surface area (Å²) in [7, 11) is 0. The van der Waals surface area contributed by atoms with Crippen LogP contribution < -0.4 is 5.32 Å². The van der Waals surface area contributed by atoms with Crippen LogP contribution in [-0.2, 0) is 0 Å². The Kier molecular flexibility index (Phi) is 6.34. The highest BCUT2D eigenvalue weighted by Crippen LogP contribution is 2.29. The van der Waals surface area contributed by atoms with Gasteiger partial charge >= 0.3 is 0 Å². The molecule has 0 aromatic heterocycles. The molecule has 102 valence electrons. The van der Waals surface area contributed by atoms with Crippen molar-refractivity contribution in [2.45, 2.75) is 52.5 Å². The van der Waals surface area contributed by atoms with E-state index >= 15 is 0 Å². The summed E-state index contributed by atoms with van der Waals surface area (Å²) in [6, 6.07) is 7.54. The van der Waals surface area contributed by atoms with Crippen LogP contribution in [0.25, 0.3) is 0 Å². The molecular formula is C16H26FN. The van der Waals surface area contributed by atoms with Gasteiger partial charge < -0.3 is 5.32 Å². The van der Waals surface area contributed by atoms with Crippen LogP contribution in [0.5, 0.6) is 0 Å². The van der Waals surface area contributed by atoms with Gasteiger partial charge in [-0.1, -0.05) is 52.7 Å². The highest BCUT2D eigenvalue weighted by molar-refractivity contribution is 5.22. The van der Waals surface area contributed by atoms with Gasteiger partial charge in [0, 0.05) is 12.6 Å². The second kappa shape index (κ2) is 7.52.